The van der Waals surface area contributed by atoms with Gasteiger partial charge in [0, 0.05) is 10.8 Å². The average molecular weight is 558 g/mol. The van der Waals surface area contributed by atoms with Crippen molar-refractivity contribution in [1.29, 1.82) is 0 Å². The minimum atomic E-state index is -0.510. The molecule has 0 aliphatic rings. The summed E-state index contributed by atoms with van der Waals surface area (Å²) in [7, 11) is 0. The fraction of sp³-hybridized carbons (Fsp3) is 0. The standard InChI is InChI=1S/C42H26O/c1-2-15-31-27(11-1)12-10-21-32(31)28-13-9-14-29(25-28)41-35-17-3-5-19-37(35)42(38-20-6-4-18-36(38)41)30-23-24-34-33-16-7-8-22-39(33)43-40(34)26-30/h1-26H/i7D,8D,9D,13D,14D,16D,22D,23D,24D,25D,26D. The summed E-state index contributed by atoms with van der Waals surface area (Å²) in [6.45, 7) is 0. The van der Waals surface area contributed by atoms with Gasteiger partial charge in [0.15, 0.2) is 0 Å². The number of furan rings is 1. The molecule has 9 aromatic rings. The average Bonchev–Trinajstić information content (AvgIpc) is 3.60. The Balaban J connectivity index is 1.43. The molecule has 1 heteroatoms. The number of benzene rings is 8. The molecular formula is C42H26O. The minimum Gasteiger partial charge on any atom is -0.456 e. The summed E-state index contributed by atoms with van der Waals surface area (Å²) in [5.41, 5.74) is 1.60. The van der Waals surface area contributed by atoms with Crippen LogP contribution < -0.4 is 0 Å². The van der Waals surface area contributed by atoms with Crippen molar-refractivity contribution in [2.45, 2.75) is 0 Å². The Bertz CT molecular complexity index is 3070. The van der Waals surface area contributed by atoms with Gasteiger partial charge < -0.3 is 4.42 Å². The molecule has 8 aromatic carbocycles. The summed E-state index contributed by atoms with van der Waals surface area (Å²) in [4.78, 5) is 0. The van der Waals surface area contributed by atoms with E-state index in [1.807, 2.05) is 54.6 Å². The Morgan fingerprint density at radius 1 is 0.395 bits per heavy atom. The maximum Gasteiger partial charge on any atom is 0.136 e. The van der Waals surface area contributed by atoms with Crippen LogP contribution in [0.3, 0.4) is 0 Å². The molecule has 0 saturated carbocycles. The predicted octanol–water partition coefficient (Wildman–Crippen LogP) is 12.0. The Labute approximate surface area is 264 Å². The first-order valence-electron chi connectivity index (χ1n) is 19.4. The van der Waals surface area contributed by atoms with Crippen LogP contribution in [0.4, 0.5) is 0 Å². The van der Waals surface area contributed by atoms with Crippen molar-refractivity contribution < 1.29 is 19.5 Å². The third kappa shape index (κ3) is 3.72. The second kappa shape index (κ2) is 9.44. The van der Waals surface area contributed by atoms with E-state index in [4.69, 9.17) is 14.0 Å². The van der Waals surface area contributed by atoms with Gasteiger partial charge in [-0.1, -0.05) is 133 Å². The van der Waals surface area contributed by atoms with Crippen LogP contribution in [-0.4, -0.2) is 0 Å². The second-order valence-corrected chi connectivity index (χ2v) is 10.4. The molecule has 1 nitrogen and oxygen atoms in total. The highest BCUT2D eigenvalue weighted by Gasteiger charge is 2.18. The van der Waals surface area contributed by atoms with E-state index in [-0.39, 0.29) is 80.9 Å². The highest BCUT2D eigenvalue weighted by atomic mass is 16.3. The van der Waals surface area contributed by atoms with E-state index in [0.29, 0.717) is 38.2 Å². The molecular weight excluding hydrogens is 520 g/mol. The molecule has 0 spiro atoms. The zero-order valence-electron chi connectivity index (χ0n) is 33.6. The molecule has 0 aliphatic heterocycles. The molecule has 0 N–H and O–H groups in total. The van der Waals surface area contributed by atoms with Crippen LogP contribution in [0.15, 0.2) is 162 Å². The molecule has 200 valence electrons. The zero-order valence-corrected chi connectivity index (χ0v) is 22.6. The first kappa shape index (κ1) is 15.5. The van der Waals surface area contributed by atoms with Crippen LogP contribution in [0.2, 0.25) is 0 Å². The fourth-order valence-electron chi connectivity index (χ4n) is 6.14. The SMILES string of the molecule is [2H]c1c([2H])c(-c2cccc3ccccc23)c([2H])c(-c2c3ccccc3c(-c3c([2H])c([2H])c4c(oc5c([2H])c([2H])c([2H])c([2H])c54)c3[2H])c3ccccc23)c1[2H]. The maximum atomic E-state index is 9.67. The normalized spacial score (nSPS) is 15.3. The van der Waals surface area contributed by atoms with Gasteiger partial charge in [-0.15, -0.1) is 0 Å². The molecule has 0 amide bonds. The van der Waals surface area contributed by atoms with Crippen molar-refractivity contribution >= 4 is 54.3 Å². The second-order valence-electron chi connectivity index (χ2n) is 10.4. The number of hydrogen-bond donors (Lipinski definition) is 0. The van der Waals surface area contributed by atoms with Gasteiger partial charge in [0.1, 0.15) is 11.2 Å². The smallest absolute Gasteiger partial charge is 0.136 e. The number of fused-ring (bicyclic) bond motifs is 6. The number of hydrogen-bond acceptors (Lipinski definition) is 1. The molecule has 1 heterocycles. The van der Waals surface area contributed by atoms with E-state index in [2.05, 4.69) is 0 Å². The maximum absolute atomic E-state index is 9.67. The summed E-state index contributed by atoms with van der Waals surface area (Å²) in [5.74, 6) is 0. The highest BCUT2D eigenvalue weighted by molar-refractivity contribution is 6.22. The Morgan fingerprint density at radius 2 is 0.977 bits per heavy atom. The summed E-state index contributed by atoms with van der Waals surface area (Å²) < 4.78 is 104. The van der Waals surface area contributed by atoms with E-state index in [1.54, 1.807) is 36.4 Å². The van der Waals surface area contributed by atoms with Gasteiger partial charge >= 0.3 is 0 Å². The molecule has 0 radical (unpaired) electrons. The van der Waals surface area contributed by atoms with Crippen molar-refractivity contribution in [2.75, 3.05) is 0 Å². The first-order chi connectivity index (χ1) is 25.9. The van der Waals surface area contributed by atoms with E-state index >= 15 is 0 Å². The first-order valence-corrected chi connectivity index (χ1v) is 13.9. The zero-order chi connectivity index (χ0) is 37.9. The number of para-hydroxylation sites is 1. The monoisotopic (exact) mass is 557 g/mol. The van der Waals surface area contributed by atoms with Crippen molar-refractivity contribution in [1.82, 2.24) is 0 Å². The van der Waals surface area contributed by atoms with E-state index in [9.17, 15) is 5.48 Å². The summed E-state index contributed by atoms with van der Waals surface area (Å²) in [5, 5.41) is 3.81. The lowest BCUT2D eigenvalue weighted by Crippen LogP contribution is -1.91. The van der Waals surface area contributed by atoms with E-state index < -0.39 is 24.2 Å². The van der Waals surface area contributed by atoms with Crippen LogP contribution in [0.1, 0.15) is 15.1 Å². The molecule has 9 rings (SSSR count). The number of rotatable bonds is 3. The highest BCUT2D eigenvalue weighted by Crippen LogP contribution is 2.45. The van der Waals surface area contributed by atoms with Gasteiger partial charge in [0.2, 0.25) is 0 Å². The van der Waals surface area contributed by atoms with Crippen molar-refractivity contribution in [3.05, 3.63) is 157 Å². The lowest BCUT2D eigenvalue weighted by Gasteiger charge is -2.18. The molecule has 0 aliphatic carbocycles. The third-order valence-corrected chi connectivity index (χ3v) is 8.00. The predicted molar refractivity (Wildman–Crippen MR) is 183 cm³/mol. The van der Waals surface area contributed by atoms with E-state index in [0.717, 1.165) is 10.8 Å². The van der Waals surface area contributed by atoms with Gasteiger partial charge in [-0.05, 0) is 89.9 Å². The van der Waals surface area contributed by atoms with Gasteiger partial charge in [0.05, 0.1) is 15.1 Å². The van der Waals surface area contributed by atoms with E-state index in [1.165, 1.54) is 0 Å². The van der Waals surface area contributed by atoms with Crippen LogP contribution >= 0.6 is 0 Å². The van der Waals surface area contributed by atoms with Gasteiger partial charge in [-0.3, -0.25) is 0 Å². The third-order valence-electron chi connectivity index (χ3n) is 8.00. The summed E-state index contributed by atoms with van der Waals surface area (Å²) >= 11 is 0. The Morgan fingerprint density at radius 3 is 1.72 bits per heavy atom. The van der Waals surface area contributed by atoms with Gasteiger partial charge in [-0.25, -0.2) is 0 Å². The van der Waals surface area contributed by atoms with Crippen molar-refractivity contribution in [2.24, 2.45) is 0 Å². The Hall–Kier alpha value is -5.66. The van der Waals surface area contributed by atoms with Gasteiger partial charge in [-0.2, -0.15) is 0 Å². The van der Waals surface area contributed by atoms with Crippen LogP contribution in [0.25, 0.3) is 87.6 Å². The molecule has 0 saturated heterocycles. The summed E-state index contributed by atoms with van der Waals surface area (Å²) in [6, 6.07) is 23.9. The van der Waals surface area contributed by atoms with Crippen molar-refractivity contribution in [3.63, 3.8) is 0 Å². The lowest BCUT2D eigenvalue weighted by molar-refractivity contribution is 0.669. The quantitative estimate of drug-likeness (QED) is 0.197. The molecule has 43 heavy (non-hydrogen) atoms. The molecule has 0 unspecified atom stereocenters. The molecule has 0 atom stereocenters. The summed E-state index contributed by atoms with van der Waals surface area (Å²) in [6.07, 6.45) is 0. The van der Waals surface area contributed by atoms with Crippen LogP contribution in [-0.2, 0) is 0 Å². The lowest BCUT2D eigenvalue weighted by atomic mass is 9.85. The van der Waals surface area contributed by atoms with Crippen LogP contribution in [0, 0.1) is 0 Å². The molecule has 0 bridgehead atoms. The fourth-order valence-corrected chi connectivity index (χ4v) is 6.14. The largest absolute Gasteiger partial charge is 0.456 e. The molecule has 0 fully saturated rings. The van der Waals surface area contributed by atoms with Crippen LogP contribution in [0.5, 0.6) is 0 Å². The Kier molecular flexibility index (Phi) is 3.41. The minimum absolute atomic E-state index is 0.0434. The van der Waals surface area contributed by atoms with Crippen molar-refractivity contribution in [3.8, 4) is 33.4 Å². The molecule has 1 aromatic heterocycles. The van der Waals surface area contributed by atoms with Gasteiger partial charge in [0.25, 0.3) is 0 Å². The topological polar surface area (TPSA) is 13.1 Å².